The van der Waals surface area contributed by atoms with Gasteiger partial charge in [-0.25, -0.2) is 4.98 Å². The lowest BCUT2D eigenvalue weighted by Gasteiger charge is -2.18. The van der Waals surface area contributed by atoms with Gasteiger partial charge in [-0.15, -0.1) is 0 Å². The van der Waals surface area contributed by atoms with E-state index in [-0.39, 0.29) is 0 Å². The van der Waals surface area contributed by atoms with Gasteiger partial charge < -0.3 is 10.1 Å². The van der Waals surface area contributed by atoms with E-state index in [0.717, 1.165) is 33.2 Å². The Morgan fingerprint density at radius 2 is 2.33 bits per heavy atom. The highest BCUT2D eigenvalue weighted by Crippen LogP contribution is 2.33. The number of nitrogens with one attached hydrogen (secondary N) is 1. The van der Waals surface area contributed by atoms with Crippen LogP contribution in [0.15, 0.2) is 18.2 Å². The number of hydrogen-bond donors (Lipinski definition) is 1. The van der Waals surface area contributed by atoms with Gasteiger partial charge in [0, 0.05) is 7.11 Å². The predicted octanol–water partition coefficient (Wildman–Crippen LogP) is 3.93. The van der Waals surface area contributed by atoms with Crippen molar-refractivity contribution < 1.29 is 4.74 Å². The van der Waals surface area contributed by atoms with E-state index in [9.17, 15) is 0 Å². The van der Waals surface area contributed by atoms with Crippen molar-refractivity contribution in [2.45, 2.75) is 31.4 Å². The Labute approximate surface area is 115 Å². The van der Waals surface area contributed by atoms with Crippen molar-refractivity contribution in [3.05, 3.63) is 23.2 Å². The lowest BCUT2D eigenvalue weighted by atomic mass is 10.2. The molecule has 3 rings (SSSR count). The topological polar surface area (TPSA) is 34.1 Å². The molecule has 1 aromatic heterocycles. The molecule has 2 atom stereocenters. The van der Waals surface area contributed by atoms with Crippen LogP contribution in [0, 0.1) is 0 Å². The number of nitrogens with zero attached hydrogens (tertiary/aromatic N) is 1. The minimum absolute atomic E-state index is 0.299. The highest BCUT2D eigenvalue weighted by atomic mass is 35.5. The Morgan fingerprint density at radius 3 is 3.11 bits per heavy atom. The summed E-state index contributed by atoms with van der Waals surface area (Å²) in [6.07, 6.45) is 3.77. The van der Waals surface area contributed by atoms with Gasteiger partial charge in [0.15, 0.2) is 5.13 Å². The van der Waals surface area contributed by atoms with Crippen LogP contribution in [-0.2, 0) is 4.74 Å². The average molecular weight is 283 g/mol. The zero-order chi connectivity index (χ0) is 12.5. The van der Waals surface area contributed by atoms with Crippen molar-refractivity contribution in [3.8, 4) is 0 Å². The van der Waals surface area contributed by atoms with E-state index < -0.39 is 0 Å². The van der Waals surface area contributed by atoms with E-state index >= 15 is 0 Å². The van der Waals surface area contributed by atoms with Crippen LogP contribution in [0.2, 0.25) is 5.02 Å². The van der Waals surface area contributed by atoms with Crippen molar-refractivity contribution in [1.29, 1.82) is 0 Å². The first-order valence-electron chi connectivity index (χ1n) is 6.12. The third kappa shape index (κ3) is 2.20. The summed E-state index contributed by atoms with van der Waals surface area (Å²) in [5.74, 6) is 0. The third-order valence-corrected chi connectivity index (χ3v) is 4.89. The smallest absolute Gasteiger partial charge is 0.184 e. The molecule has 1 aliphatic carbocycles. The second-order valence-electron chi connectivity index (χ2n) is 4.56. The van der Waals surface area contributed by atoms with Crippen molar-refractivity contribution in [3.63, 3.8) is 0 Å². The molecule has 0 radical (unpaired) electrons. The maximum absolute atomic E-state index is 6.16. The number of ether oxygens (including phenoxy) is 1. The summed E-state index contributed by atoms with van der Waals surface area (Å²) in [7, 11) is 1.78. The molecule has 1 heterocycles. The lowest BCUT2D eigenvalue weighted by Crippen LogP contribution is -2.29. The van der Waals surface area contributed by atoms with E-state index in [1.165, 1.54) is 6.42 Å². The van der Waals surface area contributed by atoms with E-state index in [1.807, 2.05) is 18.2 Å². The molecule has 0 aliphatic heterocycles. The summed E-state index contributed by atoms with van der Waals surface area (Å²) in [5.41, 5.74) is 0.960. The Kier molecular flexibility index (Phi) is 3.41. The summed E-state index contributed by atoms with van der Waals surface area (Å²) in [4.78, 5) is 4.57. The zero-order valence-corrected chi connectivity index (χ0v) is 11.7. The van der Waals surface area contributed by atoms with Gasteiger partial charge in [0.25, 0.3) is 0 Å². The average Bonchev–Trinajstić information content (AvgIpc) is 2.96. The second-order valence-corrected chi connectivity index (χ2v) is 5.97. The molecule has 0 bridgehead atoms. The molecule has 0 amide bonds. The van der Waals surface area contributed by atoms with Gasteiger partial charge in [0.2, 0.25) is 0 Å². The number of hydrogen-bond acceptors (Lipinski definition) is 4. The molecule has 2 unspecified atom stereocenters. The minimum atomic E-state index is 0.299. The SMILES string of the molecule is COC1CCCC1Nc1nc2cccc(Cl)c2s1. The largest absolute Gasteiger partial charge is 0.379 e. The molecule has 0 spiro atoms. The number of benzene rings is 1. The van der Waals surface area contributed by atoms with Crippen LogP contribution < -0.4 is 5.32 Å². The van der Waals surface area contributed by atoms with Crippen LogP contribution in [-0.4, -0.2) is 24.2 Å². The summed E-state index contributed by atoms with van der Waals surface area (Å²) < 4.78 is 6.53. The number of aromatic nitrogens is 1. The molecule has 0 saturated heterocycles. The maximum Gasteiger partial charge on any atom is 0.184 e. The van der Waals surface area contributed by atoms with Gasteiger partial charge in [-0.05, 0) is 31.4 Å². The molecule has 1 saturated carbocycles. The Balaban J connectivity index is 1.84. The van der Waals surface area contributed by atoms with Crippen LogP contribution in [0.25, 0.3) is 10.2 Å². The fourth-order valence-electron chi connectivity index (χ4n) is 2.51. The van der Waals surface area contributed by atoms with Gasteiger partial charge in [-0.3, -0.25) is 0 Å². The molecule has 18 heavy (non-hydrogen) atoms. The molecule has 1 aliphatic rings. The summed E-state index contributed by atoms with van der Waals surface area (Å²) in [6, 6.07) is 6.20. The standard InChI is InChI=1S/C13H15ClN2OS/c1-17-11-7-3-5-9(11)15-13-16-10-6-2-4-8(14)12(10)18-13/h2,4,6,9,11H,3,5,7H2,1H3,(H,15,16). The first-order chi connectivity index (χ1) is 8.78. The number of anilines is 1. The fourth-order valence-corrected chi connectivity index (χ4v) is 3.73. The van der Waals surface area contributed by atoms with Crippen molar-refractivity contribution in [2.75, 3.05) is 12.4 Å². The molecule has 96 valence electrons. The molecular weight excluding hydrogens is 268 g/mol. The molecular formula is C13H15ClN2OS. The Hall–Kier alpha value is -0.840. The van der Waals surface area contributed by atoms with Gasteiger partial charge in [0.05, 0.1) is 27.4 Å². The number of methoxy groups -OCH3 is 1. The number of thiazole rings is 1. The molecule has 1 aromatic carbocycles. The second kappa shape index (κ2) is 5.03. The normalized spacial score (nSPS) is 23.7. The fraction of sp³-hybridized carbons (Fsp3) is 0.462. The van der Waals surface area contributed by atoms with Crippen LogP contribution in [0.1, 0.15) is 19.3 Å². The molecule has 5 heteroatoms. The van der Waals surface area contributed by atoms with Crippen LogP contribution in [0.4, 0.5) is 5.13 Å². The first kappa shape index (κ1) is 12.2. The predicted molar refractivity (Wildman–Crippen MR) is 76.7 cm³/mol. The summed E-state index contributed by atoms with van der Waals surface area (Å²) in [6.45, 7) is 0. The van der Waals surface area contributed by atoms with Crippen LogP contribution in [0.3, 0.4) is 0 Å². The lowest BCUT2D eigenvalue weighted by molar-refractivity contribution is 0.101. The van der Waals surface area contributed by atoms with Crippen LogP contribution in [0.5, 0.6) is 0 Å². The third-order valence-electron chi connectivity index (χ3n) is 3.43. The first-order valence-corrected chi connectivity index (χ1v) is 7.32. The highest BCUT2D eigenvalue weighted by Gasteiger charge is 2.27. The summed E-state index contributed by atoms with van der Waals surface area (Å²) >= 11 is 7.77. The number of rotatable bonds is 3. The number of halogens is 1. The summed E-state index contributed by atoms with van der Waals surface area (Å²) in [5, 5.41) is 5.19. The van der Waals surface area contributed by atoms with Gasteiger partial charge >= 0.3 is 0 Å². The van der Waals surface area contributed by atoms with Crippen molar-refractivity contribution in [2.24, 2.45) is 0 Å². The van der Waals surface area contributed by atoms with Gasteiger partial charge in [-0.2, -0.15) is 0 Å². The van der Waals surface area contributed by atoms with E-state index in [2.05, 4.69) is 10.3 Å². The van der Waals surface area contributed by atoms with E-state index in [4.69, 9.17) is 16.3 Å². The Bertz CT molecular complexity index is 557. The zero-order valence-electron chi connectivity index (χ0n) is 10.1. The molecule has 1 fully saturated rings. The minimum Gasteiger partial charge on any atom is -0.379 e. The van der Waals surface area contributed by atoms with Gasteiger partial charge in [0.1, 0.15) is 0 Å². The van der Waals surface area contributed by atoms with Gasteiger partial charge in [-0.1, -0.05) is 29.0 Å². The van der Waals surface area contributed by atoms with Crippen LogP contribution >= 0.6 is 22.9 Å². The highest BCUT2D eigenvalue weighted by molar-refractivity contribution is 7.22. The Morgan fingerprint density at radius 1 is 1.44 bits per heavy atom. The van der Waals surface area contributed by atoms with Crippen molar-refractivity contribution in [1.82, 2.24) is 4.98 Å². The number of fused-ring (bicyclic) bond motifs is 1. The molecule has 2 aromatic rings. The van der Waals surface area contributed by atoms with Crippen molar-refractivity contribution >= 4 is 38.3 Å². The molecule has 3 nitrogen and oxygen atoms in total. The maximum atomic E-state index is 6.16. The molecule has 1 N–H and O–H groups in total. The monoisotopic (exact) mass is 282 g/mol. The van der Waals surface area contributed by atoms with E-state index in [1.54, 1.807) is 18.4 Å². The van der Waals surface area contributed by atoms with E-state index in [0.29, 0.717) is 12.1 Å². The quantitative estimate of drug-likeness (QED) is 0.926.